The van der Waals surface area contributed by atoms with Crippen molar-refractivity contribution >= 4 is 11.7 Å². The van der Waals surface area contributed by atoms with Crippen LogP contribution < -0.4 is 10.6 Å². The van der Waals surface area contributed by atoms with Crippen molar-refractivity contribution in [3.05, 3.63) is 65.0 Å². The van der Waals surface area contributed by atoms with Gasteiger partial charge in [-0.1, -0.05) is 18.2 Å². The van der Waals surface area contributed by atoms with Gasteiger partial charge in [-0.25, -0.2) is 9.18 Å². The second-order valence-electron chi connectivity index (χ2n) is 7.01. The van der Waals surface area contributed by atoms with Crippen molar-refractivity contribution in [3.8, 4) is 0 Å². The Morgan fingerprint density at radius 3 is 2.42 bits per heavy atom. The Morgan fingerprint density at radius 1 is 1.08 bits per heavy atom. The number of anilines is 1. The molecule has 4 nitrogen and oxygen atoms in total. The molecule has 1 aliphatic rings. The molecule has 0 radical (unpaired) electrons. The zero-order valence-electron chi connectivity index (χ0n) is 15.3. The first-order valence-corrected chi connectivity index (χ1v) is 8.94. The second-order valence-corrected chi connectivity index (χ2v) is 7.01. The molecule has 0 spiro atoms. The third kappa shape index (κ3) is 4.22. The molecule has 2 aromatic carbocycles. The third-order valence-corrected chi connectivity index (χ3v) is 5.26. The van der Waals surface area contributed by atoms with E-state index in [0.29, 0.717) is 19.8 Å². The van der Waals surface area contributed by atoms with Crippen LogP contribution in [0.2, 0.25) is 0 Å². The van der Waals surface area contributed by atoms with Gasteiger partial charge in [-0.15, -0.1) is 0 Å². The van der Waals surface area contributed by atoms with Crippen molar-refractivity contribution in [1.82, 2.24) is 5.32 Å². The van der Waals surface area contributed by atoms with Crippen molar-refractivity contribution in [2.45, 2.75) is 32.1 Å². The summed E-state index contributed by atoms with van der Waals surface area (Å²) < 4.78 is 18.8. The van der Waals surface area contributed by atoms with Crippen LogP contribution >= 0.6 is 0 Å². The Hall–Kier alpha value is -2.40. The van der Waals surface area contributed by atoms with Gasteiger partial charge in [-0.2, -0.15) is 0 Å². The predicted molar refractivity (Wildman–Crippen MR) is 101 cm³/mol. The first kappa shape index (κ1) is 18.4. The highest BCUT2D eigenvalue weighted by molar-refractivity contribution is 5.89. The number of hydrogen-bond acceptors (Lipinski definition) is 2. The predicted octanol–water partition coefficient (Wildman–Crippen LogP) is 4.31. The molecule has 138 valence electrons. The highest BCUT2D eigenvalue weighted by Crippen LogP contribution is 2.34. The van der Waals surface area contributed by atoms with Crippen molar-refractivity contribution in [1.29, 1.82) is 0 Å². The Labute approximate surface area is 153 Å². The van der Waals surface area contributed by atoms with Gasteiger partial charge in [-0.3, -0.25) is 0 Å². The standard InChI is InChI=1S/C21H25FN2O2/c1-15-3-8-19(13-16(15)2)24-20(25)23-14-21(9-11-26-12-10-21)17-4-6-18(22)7-5-17/h3-8,13H,9-12,14H2,1-2H3,(H2,23,24,25). The number of hydrogen-bond donors (Lipinski definition) is 2. The molecule has 0 aliphatic carbocycles. The lowest BCUT2D eigenvalue weighted by Gasteiger charge is -2.38. The number of rotatable bonds is 4. The quantitative estimate of drug-likeness (QED) is 0.857. The fourth-order valence-corrected chi connectivity index (χ4v) is 3.38. The zero-order chi connectivity index (χ0) is 18.6. The number of nitrogens with one attached hydrogen (secondary N) is 2. The topological polar surface area (TPSA) is 50.4 Å². The summed E-state index contributed by atoms with van der Waals surface area (Å²) >= 11 is 0. The monoisotopic (exact) mass is 356 g/mol. The average Bonchev–Trinajstić information content (AvgIpc) is 2.64. The number of amides is 2. The van der Waals surface area contributed by atoms with E-state index in [2.05, 4.69) is 10.6 Å². The van der Waals surface area contributed by atoms with Crippen LogP contribution in [0.4, 0.5) is 14.9 Å². The molecule has 0 aromatic heterocycles. The maximum Gasteiger partial charge on any atom is 0.319 e. The summed E-state index contributed by atoms with van der Waals surface area (Å²) in [5.41, 5.74) is 3.90. The minimum Gasteiger partial charge on any atom is -0.381 e. The van der Waals surface area contributed by atoms with Crippen LogP contribution in [-0.4, -0.2) is 25.8 Å². The fourth-order valence-electron chi connectivity index (χ4n) is 3.38. The van der Waals surface area contributed by atoms with Gasteiger partial charge >= 0.3 is 6.03 Å². The minimum absolute atomic E-state index is 0.230. The van der Waals surface area contributed by atoms with Crippen molar-refractivity contribution < 1.29 is 13.9 Å². The molecule has 1 saturated heterocycles. The van der Waals surface area contributed by atoms with Crippen LogP contribution in [0.15, 0.2) is 42.5 Å². The van der Waals surface area contributed by atoms with Crippen LogP contribution in [0.5, 0.6) is 0 Å². The van der Waals surface area contributed by atoms with Crippen molar-refractivity contribution in [2.24, 2.45) is 0 Å². The lowest BCUT2D eigenvalue weighted by molar-refractivity contribution is 0.0508. The number of aryl methyl sites for hydroxylation is 2. The smallest absolute Gasteiger partial charge is 0.319 e. The zero-order valence-corrected chi connectivity index (χ0v) is 15.3. The summed E-state index contributed by atoms with van der Waals surface area (Å²) in [7, 11) is 0. The van der Waals surface area contributed by atoms with E-state index >= 15 is 0 Å². The number of benzene rings is 2. The molecule has 1 aliphatic heterocycles. The number of urea groups is 1. The van der Waals surface area contributed by atoms with Crippen LogP contribution in [0, 0.1) is 19.7 Å². The lowest BCUT2D eigenvalue weighted by Crippen LogP contribution is -2.45. The van der Waals surface area contributed by atoms with Crippen molar-refractivity contribution in [3.63, 3.8) is 0 Å². The van der Waals surface area contributed by atoms with E-state index < -0.39 is 0 Å². The van der Waals surface area contributed by atoms with Gasteiger partial charge in [0.05, 0.1) is 0 Å². The number of ether oxygens (including phenoxy) is 1. The molecule has 0 unspecified atom stereocenters. The molecule has 5 heteroatoms. The van der Waals surface area contributed by atoms with Crippen LogP contribution in [0.25, 0.3) is 0 Å². The molecule has 0 bridgehead atoms. The van der Waals surface area contributed by atoms with Gasteiger partial charge in [0.25, 0.3) is 0 Å². The second kappa shape index (κ2) is 7.87. The van der Waals surface area contributed by atoms with Crippen LogP contribution in [0.1, 0.15) is 29.5 Å². The molecular weight excluding hydrogens is 331 g/mol. The molecule has 0 atom stereocenters. The number of carbonyl (C=O) groups excluding carboxylic acids is 1. The van der Waals surface area contributed by atoms with E-state index in [1.54, 1.807) is 0 Å². The third-order valence-electron chi connectivity index (χ3n) is 5.26. The van der Waals surface area contributed by atoms with Crippen LogP contribution in [-0.2, 0) is 10.2 Å². The van der Waals surface area contributed by atoms with E-state index in [-0.39, 0.29) is 17.3 Å². The highest BCUT2D eigenvalue weighted by atomic mass is 19.1. The molecule has 3 rings (SSSR count). The normalized spacial score (nSPS) is 16.1. The van der Waals surface area contributed by atoms with Gasteiger partial charge in [0, 0.05) is 30.9 Å². The largest absolute Gasteiger partial charge is 0.381 e. The first-order chi connectivity index (χ1) is 12.5. The lowest BCUT2D eigenvalue weighted by atomic mass is 9.74. The summed E-state index contributed by atoms with van der Waals surface area (Å²) in [6.45, 7) is 5.81. The van der Waals surface area contributed by atoms with Gasteiger partial charge in [-0.05, 0) is 67.6 Å². The molecule has 26 heavy (non-hydrogen) atoms. The maximum absolute atomic E-state index is 13.3. The Kier molecular flexibility index (Phi) is 5.57. The van der Waals surface area contributed by atoms with E-state index in [9.17, 15) is 9.18 Å². The average molecular weight is 356 g/mol. The molecule has 2 amide bonds. The first-order valence-electron chi connectivity index (χ1n) is 8.94. The van der Waals surface area contributed by atoms with E-state index in [0.717, 1.165) is 29.7 Å². The van der Waals surface area contributed by atoms with Crippen LogP contribution in [0.3, 0.4) is 0 Å². The Bertz CT molecular complexity index is 768. The fraction of sp³-hybridized carbons (Fsp3) is 0.381. The molecular formula is C21H25FN2O2. The SMILES string of the molecule is Cc1ccc(NC(=O)NCC2(c3ccc(F)cc3)CCOCC2)cc1C. The van der Waals surface area contributed by atoms with Gasteiger partial charge in [0.1, 0.15) is 5.82 Å². The summed E-state index contributed by atoms with van der Waals surface area (Å²) in [6, 6.07) is 12.2. The van der Waals surface area contributed by atoms with Crippen molar-refractivity contribution in [2.75, 3.05) is 25.1 Å². The molecule has 0 saturated carbocycles. The number of carbonyl (C=O) groups is 1. The van der Waals surface area contributed by atoms with Gasteiger partial charge in [0.15, 0.2) is 0 Å². The summed E-state index contributed by atoms with van der Waals surface area (Å²) in [5.74, 6) is -0.253. The highest BCUT2D eigenvalue weighted by Gasteiger charge is 2.34. The van der Waals surface area contributed by atoms with E-state index in [4.69, 9.17) is 4.74 Å². The maximum atomic E-state index is 13.3. The van der Waals surface area contributed by atoms with E-state index in [1.807, 2.05) is 44.2 Å². The summed E-state index contributed by atoms with van der Waals surface area (Å²) in [5, 5.41) is 5.88. The molecule has 2 aromatic rings. The number of halogens is 1. The molecule has 1 heterocycles. The molecule has 1 fully saturated rings. The summed E-state index contributed by atoms with van der Waals surface area (Å²) in [6.07, 6.45) is 1.59. The summed E-state index contributed by atoms with van der Waals surface area (Å²) in [4.78, 5) is 12.4. The Balaban J connectivity index is 1.68. The van der Waals surface area contributed by atoms with Gasteiger partial charge in [0.2, 0.25) is 0 Å². The van der Waals surface area contributed by atoms with E-state index in [1.165, 1.54) is 17.7 Å². The molecule has 2 N–H and O–H groups in total. The van der Waals surface area contributed by atoms with Gasteiger partial charge < -0.3 is 15.4 Å². The Morgan fingerprint density at radius 2 is 1.77 bits per heavy atom. The minimum atomic E-state index is -0.253.